The van der Waals surface area contributed by atoms with Gasteiger partial charge in [-0.15, -0.1) is 0 Å². The third-order valence-electron chi connectivity index (χ3n) is 3.87. The molecule has 0 unspecified atom stereocenters. The van der Waals surface area contributed by atoms with E-state index in [1.165, 1.54) is 18.4 Å². The number of rotatable bonds is 4. The average Bonchev–Trinajstić information content (AvgIpc) is 3.01. The third kappa shape index (κ3) is 4.25. The van der Waals surface area contributed by atoms with Gasteiger partial charge >= 0.3 is 5.97 Å². The van der Waals surface area contributed by atoms with E-state index in [-0.39, 0.29) is 12.4 Å². The lowest BCUT2D eigenvalue weighted by atomic mass is 10.1. The number of ether oxygens (including phenoxy) is 1. The van der Waals surface area contributed by atoms with Gasteiger partial charge in [0, 0.05) is 17.1 Å². The van der Waals surface area contributed by atoms with Crippen LogP contribution in [0.4, 0.5) is 0 Å². The van der Waals surface area contributed by atoms with E-state index in [0.717, 1.165) is 10.2 Å². The highest BCUT2D eigenvalue weighted by Gasteiger charge is 2.11. The fourth-order valence-corrected chi connectivity index (χ4v) is 3.82. The summed E-state index contributed by atoms with van der Waals surface area (Å²) in [4.78, 5) is 28.7. The number of aromatic nitrogens is 1. The number of methoxy groups -OCH3 is 1. The summed E-state index contributed by atoms with van der Waals surface area (Å²) >= 11 is 7.37. The van der Waals surface area contributed by atoms with Gasteiger partial charge in [0.2, 0.25) is 0 Å². The first-order valence-electron chi connectivity index (χ1n) is 7.97. The number of hydrogen-bond donors (Lipinski definition) is 0. The molecule has 0 atom stereocenters. The maximum absolute atomic E-state index is 12.5. The average molecular weight is 400 g/mol. The van der Waals surface area contributed by atoms with Crippen molar-refractivity contribution in [1.29, 1.82) is 5.26 Å². The molecule has 0 saturated carbocycles. The molecule has 0 aliphatic rings. The Morgan fingerprint density at radius 2 is 2.00 bits per heavy atom. The predicted octanol–water partition coefficient (Wildman–Crippen LogP) is 3.53. The van der Waals surface area contributed by atoms with Gasteiger partial charge in [-0.3, -0.25) is 9.59 Å². The van der Waals surface area contributed by atoms with Gasteiger partial charge in [0.15, 0.2) is 4.80 Å². The number of hydrogen-bond acceptors (Lipinski definition) is 5. The number of nitrogens with zero attached hydrogens (tertiary/aromatic N) is 3. The molecule has 0 saturated heterocycles. The van der Waals surface area contributed by atoms with Crippen LogP contribution in [0, 0.1) is 11.3 Å². The van der Waals surface area contributed by atoms with Crippen molar-refractivity contribution >= 4 is 45.0 Å². The van der Waals surface area contributed by atoms with Crippen molar-refractivity contribution in [3.63, 3.8) is 0 Å². The Labute approximate surface area is 163 Å². The van der Waals surface area contributed by atoms with E-state index in [9.17, 15) is 9.59 Å². The lowest BCUT2D eigenvalue weighted by Gasteiger charge is -2.04. The summed E-state index contributed by atoms with van der Waals surface area (Å²) in [5, 5.41) is 9.43. The second-order valence-corrected chi connectivity index (χ2v) is 7.03. The summed E-state index contributed by atoms with van der Waals surface area (Å²) in [5.41, 5.74) is 1.68. The minimum atomic E-state index is -0.427. The van der Waals surface area contributed by atoms with Gasteiger partial charge in [-0.05, 0) is 42.5 Å². The molecule has 0 aliphatic carbocycles. The minimum absolute atomic E-state index is 0.156. The fourth-order valence-electron chi connectivity index (χ4n) is 2.49. The maximum atomic E-state index is 12.5. The summed E-state index contributed by atoms with van der Waals surface area (Å²) < 4.78 is 7.36. The van der Waals surface area contributed by atoms with Crippen molar-refractivity contribution in [1.82, 2.24) is 4.57 Å². The quantitative estimate of drug-likeness (QED) is 0.628. The van der Waals surface area contributed by atoms with E-state index in [4.69, 9.17) is 21.6 Å². The minimum Gasteiger partial charge on any atom is -0.469 e. The van der Waals surface area contributed by atoms with E-state index < -0.39 is 5.91 Å². The van der Waals surface area contributed by atoms with Gasteiger partial charge in [-0.1, -0.05) is 22.9 Å². The van der Waals surface area contributed by atoms with Crippen LogP contribution in [0.1, 0.15) is 22.3 Å². The monoisotopic (exact) mass is 399 g/mol. The molecule has 0 bridgehead atoms. The summed E-state index contributed by atoms with van der Waals surface area (Å²) in [6.45, 7) is 0.327. The van der Waals surface area contributed by atoms with Crippen molar-refractivity contribution < 1.29 is 14.3 Å². The lowest BCUT2D eigenvalue weighted by molar-refractivity contribution is -0.140. The molecular weight excluding hydrogens is 386 g/mol. The van der Waals surface area contributed by atoms with Crippen molar-refractivity contribution in [2.45, 2.75) is 13.0 Å². The van der Waals surface area contributed by atoms with Crippen LogP contribution in [-0.2, 0) is 16.1 Å². The molecule has 6 nitrogen and oxygen atoms in total. The van der Waals surface area contributed by atoms with Gasteiger partial charge in [0.05, 0.1) is 35.4 Å². The van der Waals surface area contributed by atoms with Crippen LogP contribution >= 0.6 is 22.9 Å². The first-order valence-corrected chi connectivity index (χ1v) is 9.16. The van der Waals surface area contributed by atoms with E-state index in [1.807, 2.05) is 12.1 Å². The van der Waals surface area contributed by atoms with Crippen LogP contribution < -0.4 is 4.80 Å². The standard InChI is InChI=1S/C19H14ClN3O3S/c1-26-17(24)8-9-23-15-7-6-14(20)10-16(15)27-19(23)22-18(25)13-4-2-12(11-21)3-5-13/h2-7,10H,8-9H2,1H3. The number of thiazole rings is 1. The Balaban J connectivity index is 2.05. The number of benzene rings is 2. The van der Waals surface area contributed by atoms with E-state index in [0.29, 0.717) is 27.5 Å². The third-order valence-corrected chi connectivity index (χ3v) is 5.15. The second kappa shape index (κ2) is 8.16. The molecule has 1 amide bonds. The molecule has 136 valence electrons. The SMILES string of the molecule is COC(=O)CCn1c(=NC(=O)c2ccc(C#N)cc2)sc2cc(Cl)ccc21. The molecule has 2 aromatic carbocycles. The predicted molar refractivity (Wildman–Crippen MR) is 103 cm³/mol. The molecule has 0 fully saturated rings. The molecule has 3 rings (SSSR count). The molecule has 1 aromatic heterocycles. The lowest BCUT2D eigenvalue weighted by Crippen LogP contribution is -2.19. The Morgan fingerprint density at radius 3 is 2.67 bits per heavy atom. The van der Waals surface area contributed by atoms with Crippen molar-refractivity contribution in [2.24, 2.45) is 4.99 Å². The number of carbonyl (C=O) groups excluding carboxylic acids is 2. The van der Waals surface area contributed by atoms with Crippen molar-refractivity contribution in [2.75, 3.05) is 7.11 Å². The number of carbonyl (C=O) groups is 2. The highest BCUT2D eigenvalue weighted by atomic mass is 35.5. The Kier molecular flexibility index (Phi) is 5.69. The highest BCUT2D eigenvalue weighted by molar-refractivity contribution is 7.16. The Bertz CT molecular complexity index is 1120. The van der Waals surface area contributed by atoms with Crippen molar-refractivity contribution in [3.05, 3.63) is 63.4 Å². The summed E-state index contributed by atoms with van der Waals surface area (Å²) in [7, 11) is 1.33. The molecule has 0 spiro atoms. The maximum Gasteiger partial charge on any atom is 0.307 e. The van der Waals surface area contributed by atoms with Gasteiger partial charge in [-0.25, -0.2) is 0 Å². The first-order chi connectivity index (χ1) is 13.0. The summed E-state index contributed by atoms with van der Waals surface area (Å²) in [5.74, 6) is -0.774. The summed E-state index contributed by atoms with van der Waals surface area (Å²) in [6, 6.07) is 13.6. The van der Waals surface area contributed by atoms with Crippen LogP contribution in [0.5, 0.6) is 0 Å². The second-order valence-electron chi connectivity index (χ2n) is 5.58. The number of aryl methyl sites for hydroxylation is 1. The number of esters is 1. The van der Waals surface area contributed by atoms with Crippen molar-refractivity contribution in [3.8, 4) is 6.07 Å². The molecule has 3 aromatic rings. The molecule has 8 heteroatoms. The molecule has 0 radical (unpaired) electrons. The van der Waals surface area contributed by atoms with Crippen LogP contribution in [-0.4, -0.2) is 23.6 Å². The zero-order chi connectivity index (χ0) is 19.4. The number of nitriles is 1. The molecule has 27 heavy (non-hydrogen) atoms. The molecule has 1 heterocycles. The Morgan fingerprint density at radius 1 is 1.26 bits per heavy atom. The largest absolute Gasteiger partial charge is 0.469 e. The smallest absolute Gasteiger partial charge is 0.307 e. The number of fused-ring (bicyclic) bond motifs is 1. The zero-order valence-electron chi connectivity index (χ0n) is 14.3. The van der Waals surface area contributed by atoms with Crippen LogP contribution in [0.2, 0.25) is 5.02 Å². The summed E-state index contributed by atoms with van der Waals surface area (Å²) in [6.07, 6.45) is 0.156. The number of halogens is 1. The van der Waals surface area contributed by atoms with Gasteiger partial charge in [0.25, 0.3) is 5.91 Å². The zero-order valence-corrected chi connectivity index (χ0v) is 15.9. The van der Waals surface area contributed by atoms with Crippen LogP contribution in [0.15, 0.2) is 47.5 Å². The molecular formula is C19H14ClN3O3S. The van der Waals surface area contributed by atoms with Gasteiger partial charge in [-0.2, -0.15) is 10.3 Å². The van der Waals surface area contributed by atoms with E-state index in [1.54, 1.807) is 41.0 Å². The normalized spacial score (nSPS) is 11.4. The first kappa shape index (κ1) is 18.8. The molecule has 0 aliphatic heterocycles. The van der Waals surface area contributed by atoms with Gasteiger partial charge < -0.3 is 9.30 Å². The molecule has 0 N–H and O–H groups in total. The van der Waals surface area contributed by atoms with Gasteiger partial charge in [0.1, 0.15) is 0 Å². The fraction of sp³-hybridized carbons (Fsp3) is 0.158. The topological polar surface area (TPSA) is 84.5 Å². The van der Waals surface area contributed by atoms with E-state index in [2.05, 4.69) is 4.99 Å². The highest BCUT2D eigenvalue weighted by Crippen LogP contribution is 2.22. The van der Waals surface area contributed by atoms with Crippen LogP contribution in [0.3, 0.4) is 0 Å². The Hall–Kier alpha value is -2.95. The van der Waals surface area contributed by atoms with E-state index >= 15 is 0 Å². The van der Waals surface area contributed by atoms with Crippen LogP contribution in [0.25, 0.3) is 10.2 Å². The number of amides is 1.